The van der Waals surface area contributed by atoms with Gasteiger partial charge in [-0.1, -0.05) is 51.1 Å². The van der Waals surface area contributed by atoms with Gasteiger partial charge in [0.2, 0.25) is 11.7 Å². The van der Waals surface area contributed by atoms with Crippen molar-refractivity contribution in [3.63, 3.8) is 0 Å². The van der Waals surface area contributed by atoms with Crippen molar-refractivity contribution in [2.45, 2.75) is 39.3 Å². The molecule has 26 heavy (non-hydrogen) atoms. The summed E-state index contributed by atoms with van der Waals surface area (Å²) in [5, 5.41) is 19.2. The smallest absolute Gasteiger partial charge is 0.247 e. The molecule has 0 spiro atoms. The van der Waals surface area contributed by atoms with Gasteiger partial charge in [-0.15, -0.1) is 22.6 Å². The van der Waals surface area contributed by atoms with Gasteiger partial charge in [-0.25, -0.2) is 0 Å². The highest BCUT2D eigenvalue weighted by Gasteiger charge is 2.31. The molecule has 1 amide bonds. The highest BCUT2D eigenvalue weighted by atomic mass is 35.5. The van der Waals surface area contributed by atoms with Gasteiger partial charge in [0, 0.05) is 18.2 Å². The van der Waals surface area contributed by atoms with Gasteiger partial charge in [0.15, 0.2) is 6.04 Å². The van der Waals surface area contributed by atoms with Crippen LogP contribution in [0.15, 0.2) is 30.3 Å². The van der Waals surface area contributed by atoms with Gasteiger partial charge >= 0.3 is 0 Å². The second kappa shape index (κ2) is 9.09. The van der Waals surface area contributed by atoms with E-state index in [9.17, 15) is 4.79 Å². The van der Waals surface area contributed by atoms with Crippen LogP contribution in [0, 0.1) is 11.8 Å². The molecule has 1 aromatic carbocycles. The Hall–Kier alpha value is -1.99. The van der Waals surface area contributed by atoms with E-state index in [1.807, 2.05) is 44.2 Å². The molecule has 142 valence electrons. The van der Waals surface area contributed by atoms with Crippen molar-refractivity contribution in [2.75, 3.05) is 13.1 Å². The van der Waals surface area contributed by atoms with E-state index in [0.29, 0.717) is 11.7 Å². The number of halogens is 1. The molecule has 1 aliphatic rings. The van der Waals surface area contributed by atoms with Gasteiger partial charge in [0.05, 0.1) is 0 Å². The zero-order chi connectivity index (χ0) is 17.8. The van der Waals surface area contributed by atoms with E-state index in [1.54, 1.807) is 0 Å². The zero-order valence-corrected chi connectivity index (χ0v) is 16.2. The average molecular weight is 379 g/mol. The maximum absolute atomic E-state index is 12.9. The zero-order valence-electron chi connectivity index (χ0n) is 15.4. The molecule has 7 nitrogen and oxygen atoms in total. The lowest BCUT2D eigenvalue weighted by molar-refractivity contribution is -0.127. The van der Waals surface area contributed by atoms with Crippen LogP contribution in [0.5, 0.6) is 0 Å². The Morgan fingerprint density at radius 3 is 2.69 bits per heavy atom. The Morgan fingerprint density at radius 2 is 2.04 bits per heavy atom. The van der Waals surface area contributed by atoms with E-state index in [4.69, 9.17) is 0 Å². The largest absolute Gasteiger partial charge is 0.350 e. The van der Waals surface area contributed by atoms with Gasteiger partial charge in [-0.05, 0) is 30.0 Å². The number of carbonyl (C=O) groups is 1. The number of tetrazole rings is 1. The molecule has 3 rings (SSSR count). The Balaban J connectivity index is 0.00000243. The van der Waals surface area contributed by atoms with Gasteiger partial charge in [-0.2, -0.15) is 4.80 Å². The van der Waals surface area contributed by atoms with Crippen LogP contribution in [0.2, 0.25) is 0 Å². The summed E-state index contributed by atoms with van der Waals surface area (Å²) in [7, 11) is 0. The summed E-state index contributed by atoms with van der Waals surface area (Å²) in [6.45, 7) is 7.98. The fourth-order valence-electron chi connectivity index (χ4n) is 3.17. The number of carbonyl (C=O) groups excluding carboxylic acids is 1. The van der Waals surface area contributed by atoms with Gasteiger partial charge in [0.25, 0.3) is 0 Å². The minimum Gasteiger partial charge on any atom is -0.350 e. The van der Waals surface area contributed by atoms with Crippen molar-refractivity contribution in [2.24, 2.45) is 11.8 Å². The second-order valence-corrected chi connectivity index (χ2v) is 7.07. The molecule has 1 saturated heterocycles. The highest BCUT2D eigenvalue weighted by molar-refractivity contribution is 5.85. The summed E-state index contributed by atoms with van der Waals surface area (Å²) in [6, 6.07) is 9.33. The summed E-state index contributed by atoms with van der Waals surface area (Å²) in [4.78, 5) is 14.3. The minimum atomic E-state index is -0.473. The van der Waals surface area contributed by atoms with Crippen molar-refractivity contribution < 1.29 is 4.79 Å². The van der Waals surface area contributed by atoms with E-state index in [2.05, 4.69) is 33.0 Å². The first-order valence-corrected chi connectivity index (χ1v) is 8.92. The molecule has 1 aromatic heterocycles. The lowest BCUT2D eigenvalue weighted by Gasteiger charge is -2.31. The number of nitrogens with one attached hydrogen (secondary N) is 2. The van der Waals surface area contributed by atoms with Gasteiger partial charge in [0.1, 0.15) is 0 Å². The van der Waals surface area contributed by atoms with Crippen LogP contribution in [0.3, 0.4) is 0 Å². The SMILES string of the molecule is CC(C)C(C(=O)NC1CNCCC1C)n1nnc(-c2ccccc2)n1.Cl. The predicted molar refractivity (Wildman–Crippen MR) is 103 cm³/mol. The van der Waals surface area contributed by atoms with E-state index in [0.717, 1.165) is 25.1 Å². The Kier molecular flexibility index (Phi) is 7.11. The molecule has 1 fully saturated rings. The maximum Gasteiger partial charge on any atom is 0.247 e. The predicted octanol–water partition coefficient (Wildman–Crippen LogP) is 2.07. The van der Waals surface area contributed by atoms with E-state index >= 15 is 0 Å². The second-order valence-electron chi connectivity index (χ2n) is 7.07. The van der Waals surface area contributed by atoms with Gasteiger partial charge < -0.3 is 10.6 Å². The molecule has 3 atom stereocenters. The lowest BCUT2D eigenvalue weighted by Crippen LogP contribution is -2.52. The fraction of sp³-hybridized carbons (Fsp3) is 0.556. The summed E-state index contributed by atoms with van der Waals surface area (Å²) < 4.78 is 0. The molecule has 1 aliphatic heterocycles. The Bertz CT molecular complexity index is 705. The first-order valence-electron chi connectivity index (χ1n) is 8.92. The third kappa shape index (κ3) is 4.59. The Labute approximate surface area is 160 Å². The number of piperidine rings is 1. The maximum atomic E-state index is 12.9. The molecule has 2 N–H and O–H groups in total. The summed E-state index contributed by atoms with van der Waals surface area (Å²) >= 11 is 0. The Morgan fingerprint density at radius 1 is 1.31 bits per heavy atom. The third-order valence-corrected chi connectivity index (χ3v) is 4.76. The topological polar surface area (TPSA) is 84.7 Å². The van der Waals surface area contributed by atoms with Crippen molar-refractivity contribution >= 4 is 18.3 Å². The van der Waals surface area contributed by atoms with Crippen molar-refractivity contribution in [3.05, 3.63) is 30.3 Å². The number of aromatic nitrogens is 4. The number of benzene rings is 1. The molecular formula is C18H27ClN6O. The van der Waals surface area contributed by atoms with Crippen LogP contribution in [0.4, 0.5) is 0 Å². The molecule has 2 heterocycles. The van der Waals surface area contributed by atoms with Crippen molar-refractivity contribution in [1.82, 2.24) is 30.8 Å². The summed E-state index contributed by atoms with van der Waals surface area (Å²) in [5.74, 6) is 1.01. The van der Waals surface area contributed by atoms with Crippen LogP contribution in [0.1, 0.15) is 33.2 Å². The standard InChI is InChI=1S/C18H26N6O.ClH/c1-12(2)16(18(25)20-15-11-19-10-9-13(15)3)24-22-17(21-23-24)14-7-5-4-6-8-14;/h4-8,12-13,15-16,19H,9-11H2,1-3H3,(H,20,25);1H. The quantitative estimate of drug-likeness (QED) is 0.832. The number of amides is 1. The van der Waals surface area contributed by atoms with E-state index in [-0.39, 0.29) is 30.3 Å². The van der Waals surface area contributed by atoms with Crippen molar-refractivity contribution in [3.8, 4) is 11.4 Å². The molecule has 0 aliphatic carbocycles. The van der Waals surface area contributed by atoms with E-state index in [1.165, 1.54) is 4.80 Å². The number of rotatable bonds is 5. The number of hydrogen-bond acceptors (Lipinski definition) is 5. The molecular weight excluding hydrogens is 352 g/mol. The lowest BCUT2D eigenvalue weighted by atomic mass is 9.94. The number of hydrogen-bond donors (Lipinski definition) is 2. The van der Waals surface area contributed by atoms with Crippen molar-refractivity contribution in [1.29, 1.82) is 0 Å². The highest BCUT2D eigenvalue weighted by Crippen LogP contribution is 2.20. The fourth-order valence-corrected chi connectivity index (χ4v) is 3.17. The monoisotopic (exact) mass is 378 g/mol. The summed E-state index contributed by atoms with van der Waals surface area (Å²) in [5.41, 5.74) is 0.891. The van der Waals surface area contributed by atoms with Crippen LogP contribution in [-0.2, 0) is 4.79 Å². The average Bonchev–Trinajstić information content (AvgIpc) is 3.07. The van der Waals surface area contributed by atoms with Gasteiger partial charge in [-0.3, -0.25) is 4.79 Å². The van der Waals surface area contributed by atoms with Crippen LogP contribution >= 0.6 is 12.4 Å². The third-order valence-electron chi connectivity index (χ3n) is 4.76. The molecule has 0 bridgehead atoms. The molecule has 3 unspecified atom stereocenters. The molecule has 8 heteroatoms. The molecule has 0 saturated carbocycles. The first-order chi connectivity index (χ1) is 12.1. The molecule has 0 radical (unpaired) electrons. The summed E-state index contributed by atoms with van der Waals surface area (Å²) in [6.07, 6.45) is 1.07. The number of nitrogens with zero attached hydrogens (tertiary/aromatic N) is 4. The van der Waals surface area contributed by atoms with Crippen LogP contribution in [0.25, 0.3) is 11.4 Å². The molecule has 2 aromatic rings. The normalized spacial score (nSPS) is 21.1. The van der Waals surface area contributed by atoms with Crippen LogP contribution in [-0.4, -0.2) is 45.2 Å². The minimum absolute atomic E-state index is 0. The van der Waals surface area contributed by atoms with E-state index < -0.39 is 6.04 Å². The first kappa shape index (κ1) is 20.3. The van der Waals surface area contributed by atoms with Crippen LogP contribution < -0.4 is 10.6 Å².